The molecule has 2 N–H and O–H groups in total. The summed E-state index contributed by atoms with van der Waals surface area (Å²) in [7, 11) is -3.67. The summed E-state index contributed by atoms with van der Waals surface area (Å²) >= 11 is 0. The third-order valence-electron chi connectivity index (χ3n) is 2.25. The van der Waals surface area contributed by atoms with Gasteiger partial charge in [0.15, 0.2) is 5.03 Å². The largest absolute Gasteiger partial charge is 0.334 e. The van der Waals surface area contributed by atoms with Crippen LogP contribution in [-0.2, 0) is 16.6 Å². The molecule has 0 saturated carbocycles. The van der Waals surface area contributed by atoms with Crippen molar-refractivity contribution in [2.45, 2.75) is 44.7 Å². The lowest BCUT2D eigenvalue weighted by Gasteiger charge is -2.02. The second-order valence-electron chi connectivity index (χ2n) is 3.57. The van der Waals surface area contributed by atoms with Crippen LogP contribution in [0.1, 0.15) is 32.0 Å². The van der Waals surface area contributed by atoms with Gasteiger partial charge in [0.1, 0.15) is 5.82 Å². The van der Waals surface area contributed by atoms with Gasteiger partial charge < -0.3 is 4.57 Å². The molecule has 1 aromatic rings. The molecule has 15 heavy (non-hydrogen) atoms. The highest BCUT2D eigenvalue weighted by molar-refractivity contribution is 7.89. The fourth-order valence-corrected chi connectivity index (χ4v) is 1.91. The first-order valence-electron chi connectivity index (χ1n) is 5.01. The molecule has 0 aliphatic rings. The minimum Gasteiger partial charge on any atom is -0.334 e. The van der Waals surface area contributed by atoms with Crippen LogP contribution in [0.2, 0.25) is 0 Å². The van der Waals surface area contributed by atoms with Crippen LogP contribution in [0.4, 0.5) is 0 Å². The molecule has 0 atom stereocenters. The SMILES string of the molecule is CCCCCn1cc(S(N)(=O)=O)nc1C. The minimum absolute atomic E-state index is 0.0449. The molecule has 0 spiro atoms. The van der Waals surface area contributed by atoms with Gasteiger partial charge in [0, 0.05) is 12.7 Å². The summed E-state index contributed by atoms with van der Waals surface area (Å²) in [5.74, 6) is 0.690. The Hall–Kier alpha value is -0.880. The molecule has 0 bridgehead atoms. The van der Waals surface area contributed by atoms with Crippen molar-refractivity contribution in [2.75, 3.05) is 0 Å². The second-order valence-corrected chi connectivity index (χ2v) is 5.08. The highest BCUT2D eigenvalue weighted by Crippen LogP contribution is 2.08. The molecule has 0 saturated heterocycles. The predicted octanol–water partition coefficient (Wildman–Crippen LogP) is 1.03. The number of sulfonamides is 1. The number of nitrogens with zero attached hydrogens (tertiary/aromatic N) is 2. The number of hydrogen-bond donors (Lipinski definition) is 1. The Labute approximate surface area is 90.4 Å². The third-order valence-corrected chi connectivity index (χ3v) is 3.03. The first-order valence-corrected chi connectivity index (χ1v) is 6.56. The molecule has 5 nitrogen and oxygen atoms in total. The lowest BCUT2D eigenvalue weighted by molar-refractivity contribution is 0.587. The molecular formula is C9H17N3O2S. The monoisotopic (exact) mass is 231 g/mol. The van der Waals surface area contributed by atoms with E-state index < -0.39 is 10.0 Å². The molecule has 6 heteroatoms. The Morgan fingerprint density at radius 1 is 1.47 bits per heavy atom. The summed E-state index contributed by atoms with van der Waals surface area (Å²) in [5, 5.41) is 4.95. The van der Waals surface area contributed by atoms with Gasteiger partial charge in [0.2, 0.25) is 0 Å². The summed E-state index contributed by atoms with van der Waals surface area (Å²) in [6.45, 7) is 4.69. The minimum atomic E-state index is -3.67. The molecule has 1 aromatic heterocycles. The molecule has 0 aromatic carbocycles. The number of primary sulfonamides is 1. The number of aryl methyl sites for hydroxylation is 2. The molecule has 86 valence electrons. The normalized spacial score (nSPS) is 11.9. The van der Waals surface area contributed by atoms with Gasteiger partial charge in [-0.1, -0.05) is 19.8 Å². The molecular weight excluding hydrogens is 214 g/mol. The Balaban J connectivity index is 2.78. The molecule has 0 radical (unpaired) electrons. The van der Waals surface area contributed by atoms with Crippen molar-refractivity contribution in [1.82, 2.24) is 9.55 Å². The van der Waals surface area contributed by atoms with Crippen LogP contribution < -0.4 is 5.14 Å². The van der Waals surface area contributed by atoms with Crippen molar-refractivity contribution in [3.8, 4) is 0 Å². The van der Waals surface area contributed by atoms with E-state index >= 15 is 0 Å². The molecule has 0 amide bonds. The molecule has 0 aliphatic carbocycles. The number of unbranched alkanes of at least 4 members (excludes halogenated alkanes) is 2. The summed E-state index contributed by atoms with van der Waals surface area (Å²) < 4.78 is 23.9. The lowest BCUT2D eigenvalue weighted by Crippen LogP contribution is -2.12. The van der Waals surface area contributed by atoms with Crippen molar-refractivity contribution >= 4 is 10.0 Å². The zero-order chi connectivity index (χ0) is 11.5. The Morgan fingerprint density at radius 3 is 2.60 bits per heavy atom. The topological polar surface area (TPSA) is 78.0 Å². The Bertz CT molecular complexity index is 423. The van der Waals surface area contributed by atoms with Crippen LogP contribution >= 0.6 is 0 Å². The van der Waals surface area contributed by atoms with Gasteiger partial charge >= 0.3 is 0 Å². The fraction of sp³-hybridized carbons (Fsp3) is 0.667. The number of aromatic nitrogens is 2. The van der Waals surface area contributed by atoms with Gasteiger partial charge in [-0.05, 0) is 13.3 Å². The van der Waals surface area contributed by atoms with E-state index in [2.05, 4.69) is 11.9 Å². The number of nitrogens with two attached hydrogens (primary N) is 1. The quantitative estimate of drug-likeness (QED) is 0.769. The predicted molar refractivity (Wildman–Crippen MR) is 57.9 cm³/mol. The van der Waals surface area contributed by atoms with E-state index in [1.165, 1.54) is 6.20 Å². The van der Waals surface area contributed by atoms with Crippen molar-refractivity contribution in [2.24, 2.45) is 5.14 Å². The van der Waals surface area contributed by atoms with Crippen LogP contribution in [0.5, 0.6) is 0 Å². The van der Waals surface area contributed by atoms with Crippen LogP contribution in [0.3, 0.4) is 0 Å². The molecule has 1 heterocycles. The van der Waals surface area contributed by atoms with Crippen molar-refractivity contribution in [3.63, 3.8) is 0 Å². The standard InChI is InChI=1S/C9H17N3O2S/c1-3-4-5-6-12-7-9(11-8(12)2)15(10,13)14/h7H,3-6H2,1-2H3,(H2,10,13,14). The molecule has 0 unspecified atom stereocenters. The number of hydrogen-bond acceptors (Lipinski definition) is 3. The molecule has 0 aliphatic heterocycles. The maximum Gasteiger partial charge on any atom is 0.257 e. The van der Waals surface area contributed by atoms with Crippen molar-refractivity contribution in [1.29, 1.82) is 0 Å². The van der Waals surface area contributed by atoms with Crippen LogP contribution in [0.25, 0.3) is 0 Å². The average molecular weight is 231 g/mol. The second kappa shape index (κ2) is 4.76. The van der Waals surface area contributed by atoms with Gasteiger partial charge in [-0.25, -0.2) is 18.5 Å². The first kappa shape index (κ1) is 12.2. The van der Waals surface area contributed by atoms with Crippen molar-refractivity contribution in [3.05, 3.63) is 12.0 Å². The highest BCUT2D eigenvalue weighted by Gasteiger charge is 2.13. The molecule has 1 rings (SSSR count). The summed E-state index contributed by atoms with van der Waals surface area (Å²) in [6.07, 6.45) is 4.79. The fourth-order valence-electron chi connectivity index (χ4n) is 1.37. The van der Waals surface area contributed by atoms with Crippen LogP contribution in [0.15, 0.2) is 11.2 Å². The Kier molecular flexibility index (Phi) is 3.87. The lowest BCUT2D eigenvalue weighted by atomic mass is 10.2. The molecule has 0 fully saturated rings. The smallest absolute Gasteiger partial charge is 0.257 e. The van der Waals surface area contributed by atoms with E-state index in [1.54, 1.807) is 6.92 Å². The van der Waals surface area contributed by atoms with Gasteiger partial charge in [-0.2, -0.15) is 0 Å². The average Bonchev–Trinajstić information content (AvgIpc) is 2.48. The highest BCUT2D eigenvalue weighted by atomic mass is 32.2. The number of imidazole rings is 1. The van der Waals surface area contributed by atoms with E-state index in [0.29, 0.717) is 5.82 Å². The van der Waals surface area contributed by atoms with E-state index in [4.69, 9.17) is 5.14 Å². The summed E-state index contributed by atoms with van der Waals surface area (Å²) in [6, 6.07) is 0. The van der Waals surface area contributed by atoms with Gasteiger partial charge in [0.25, 0.3) is 10.0 Å². The third kappa shape index (κ3) is 3.32. The van der Waals surface area contributed by atoms with Gasteiger partial charge in [-0.15, -0.1) is 0 Å². The van der Waals surface area contributed by atoms with E-state index in [1.807, 2.05) is 4.57 Å². The first-order chi connectivity index (χ1) is 6.95. The maximum absolute atomic E-state index is 11.0. The van der Waals surface area contributed by atoms with Crippen molar-refractivity contribution < 1.29 is 8.42 Å². The zero-order valence-electron chi connectivity index (χ0n) is 9.10. The van der Waals surface area contributed by atoms with Crippen LogP contribution in [0, 0.1) is 6.92 Å². The zero-order valence-corrected chi connectivity index (χ0v) is 9.92. The van der Waals surface area contributed by atoms with E-state index in [-0.39, 0.29) is 5.03 Å². The van der Waals surface area contributed by atoms with Gasteiger partial charge in [0.05, 0.1) is 0 Å². The number of rotatable bonds is 5. The van der Waals surface area contributed by atoms with E-state index in [9.17, 15) is 8.42 Å². The van der Waals surface area contributed by atoms with Gasteiger partial charge in [-0.3, -0.25) is 0 Å². The Morgan fingerprint density at radius 2 is 2.13 bits per heavy atom. The summed E-state index contributed by atoms with van der Waals surface area (Å²) in [4.78, 5) is 3.91. The summed E-state index contributed by atoms with van der Waals surface area (Å²) in [5.41, 5.74) is 0. The van der Waals surface area contributed by atoms with Crippen LogP contribution in [-0.4, -0.2) is 18.0 Å². The maximum atomic E-state index is 11.0. The van der Waals surface area contributed by atoms with E-state index in [0.717, 1.165) is 25.8 Å².